The highest BCUT2D eigenvalue weighted by atomic mass is 16.3. The molecule has 1 aromatic heterocycles. The second-order valence-corrected chi connectivity index (χ2v) is 4.63. The molecule has 0 aliphatic carbocycles. The molecule has 7 heteroatoms. The molecule has 2 unspecified atom stereocenters. The van der Waals surface area contributed by atoms with Crippen molar-refractivity contribution in [1.82, 2.24) is 15.1 Å². The third-order valence-electron chi connectivity index (χ3n) is 3.18. The van der Waals surface area contributed by atoms with Gasteiger partial charge in [0.05, 0.1) is 18.0 Å². The number of likely N-dealkylation sites (N-methyl/N-ethyl adjacent to an activating group) is 1. The van der Waals surface area contributed by atoms with E-state index in [1.807, 2.05) is 6.07 Å². The van der Waals surface area contributed by atoms with Crippen LogP contribution in [-0.4, -0.2) is 39.7 Å². The Hall–Kier alpha value is -2.40. The summed E-state index contributed by atoms with van der Waals surface area (Å²) in [6, 6.07) is 8.76. The average Bonchev–Trinajstić information content (AvgIpc) is 2.88. The number of aromatic nitrogens is 2. The van der Waals surface area contributed by atoms with Gasteiger partial charge in [-0.2, -0.15) is 10.4 Å². The maximum atomic E-state index is 10.00. The van der Waals surface area contributed by atoms with Crippen molar-refractivity contribution in [2.45, 2.75) is 12.2 Å². The van der Waals surface area contributed by atoms with Crippen molar-refractivity contribution in [3.8, 4) is 11.8 Å². The van der Waals surface area contributed by atoms with Gasteiger partial charge in [0, 0.05) is 6.54 Å². The predicted molar refractivity (Wildman–Crippen MR) is 77.6 cm³/mol. The standard InChI is InChI=1S/C14H17N5O2/c1-17-8-12(20)13(21)9-2-4-11(5-3-9)19-14(16)10(6-15)7-18-19/h2-5,7,12-13,17,20-21H,8,16H2,1H3. The van der Waals surface area contributed by atoms with Gasteiger partial charge in [-0.1, -0.05) is 12.1 Å². The fraction of sp³-hybridized carbons (Fsp3) is 0.286. The normalized spacial score (nSPS) is 13.6. The predicted octanol–water partition coefficient (Wildman–Crippen LogP) is -0.0601. The number of aliphatic hydroxyl groups is 2. The number of anilines is 1. The molecule has 7 nitrogen and oxygen atoms in total. The van der Waals surface area contributed by atoms with Gasteiger partial charge in [0.1, 0.15) is 23.6 Å². The summed E-state index contributed by atoms with van der Waals surface area (Å²) in [7, 11) is 1.70. The van der Waals surface area contributed by atoms with E-state index >= 15 is 0 Å². The Balaban J connectivity index is 2.23. The van der Waals surface area contributed by atoms with E-state index in [-0.39, 0.29) is 5.82 Å². The molecule has 0 fully saturated rings. The van der Waals surface area contributed by atoms with E-state index in [4.69, 9.17) is 11.0 Å². The molecule has 2 rings (SSSR count). The minimum atomic E-state index is -0.976. The number of nitrogens with two attached hydrogens (primary N) is 1. The Morgan fingerprint density at radius 3 is 2.57 bits per heavy atom. The number of hydrogen-bond acceptors (Lipinski definition) is 6. The van der Waals surface area contributed by atoms with Crippen molar-refractivity contribution in [3.05, 3.63) is 41.6 Å². The van der Waals surface area contributed by atoms with Gasteiger partial charge < -0.3 is 21.3 Å². The smallest absolute Gasteiger partial charge is 0.145 e. The van der Waals surface area contributed by atoms with Crippen LogP contribution in [0.25, 0.3) is 5.69 Å². The van der Waals surface area contributed by atoms with Crippen LogP contribution in [0, 0.1) is 11.3 Å². The van der Waals surface area contributed by atoms with Gasteiger partial charge in [0.15, 0.2) is 0 Å². The Kier molecular flexibility index (Phi) is 4.55. The average molecular weight is 287 g/mol. The van der Waals surface area contributed by atoms with E-state index in [1.54, 1.807) is 31.3 Å². The molecule has 5 N–H and O–H groups in total. The molecule has 21 heavy (non-hydrogen) atoms. The molecular formula is C14H17N5O2. The van der Waals surface area contributed by atoms with Crippen LogP contribution < -0.4 is 11.1 Å². The zero-order valence-corrected chi connectivity index (χ0v) is 11.6. The summed E-state index contributed by atoms with van der Waals surface area (Å²) in [5.74, 6) is 0.265. The van der Waals surface area contributed by atoms with Crippen LogP contribution in [0.15, 0.2) is 30.5 Å². The van der Waals surface area contributed by atoms with Crippen molar-refractivity contribution in [2.75, 3.05) is 19.3 Å². The molecule has 0 saturated carbocycles. The third kappa shape index (κ3) is 3.03. The second-order valence-electron chi connectivity index (χ2n) is 4.63. The van der Waals surface area contributed by atoms with E-state index in [2.05, 4.69) is 10.4 Å². The van der Waals surface area contributed by atoms with Crippen LogP contribution in [-0.2, 0) is 0 Å². The van der Waals surface area contributed by atoms with E-state index in [1.165, 1.54) is 10.9 Å². The molecule has 0 spiro atoms. The monoisotopic (exact) mass is 287 g/mol. The van der Waals surface area contributed by atoms with Crippen LogP contribution >= 0.6 is 0 Å². The number of nitrogens with zero attached hydrogens (tertiary/aromatic N) is 3. The molecule has 0 amide bonds. The number of hydrogen-bond donors (Lipinski definition) is 4. The first-order valence-corrected chi connectivity index (χ1v) is 6.43. The highest BCUT2D eigenvalue weighted by molar-refractivity contribution is 5.52. The number of nitrogen functional groups attached to an aromatic ring is 1. The number of benzene rings is 1. The van der Waals surface area contributed by atoms with Gasteiger partial charge in [-0.05, 0) is 24.7 Å². The lowest BCUT2D eigenvalue weighted by atomic mass is 10.0. The SMILES string of the molecule is CNCC(O)C(O)c1ccc(-n2ncc(C#N)c2N)cc1. The lowest BCUT2D eigenvalue weighted by molar-refractivity contribution is 0.0202. The molecule has 0 saturated heterocycles. The van der Waals surface area contributed by atoms with Crippen molar-refractivity contribution in [2.24, 2.45) is 0 Å². The van der Waals surface area contributed by atoms with Gasteiger partial charge in [0.25, 0.3) is 0 Å². The van der Waals surface area contributed by atoms with E-state index in [0.717, 1.165) is 0 Å². The fourth-order valence-electron chi connectivity index (χ4n) is 2.01. The summed E-state index contributed by atoms with van der Waals surface area (Å²) in [4.78, 5) is 0. The quantitative estimate of drug-likeness (QED) is 0.611. The molecule has 0 radical (unpaired) electrons. The van der Waals surface area contributed by atoms with Crippen LogP contribution in [0.2, 0.25) is 0 Å². The van der Waals surface area contributed by atoms with Gasteiger partial charge in [-0.15, -0.1) is 0 Å². The van der Waals surface area contributed by atoms with Crippen molar-refractivity contribution in [1.29, 1.82) is 5.26 Å². The Morgan fingerprint density at radius 2 is 2.05 bits per heavy atom. The highest BCUT2D eigenvalue weighted by Gasteiger charge is 2.17. The molecular weight excluding hydrogens is 270 g/mol. The largest absolute Gasteiger partial charge is 0.389 e. The van der Waals surface area contributed by atoms with E-state index < -0.39 is 12.2 Å². The third-order valence-corrected chi connectivity index (χ3v) is 3.18. The molecule has 0 aliphatic rings. The van der Waals surface area contributed by atoms with E-state index in [9.17, 15) is 10.2 Å². The van der Waals surface area contributed by atoms with Crippen LogP contribution in [0.4, 0.5) is 5.82 Å². The zero-order valence-electron chi connectivity index (χ0n) is 11.6. The van der Waals surface area contributed by atoms with E-state index in [0.29, 0.717) is 23.4 Å². The van der Waals surface area contributed by atoms with Gasteiger partial charge in [-0.25, -0.2) is 4.68 Å². The minimum Gasteiger partial charge on any atom is -0.389 e. The Morgan fingerprint density at radius 1 is 1.38 bits per heavy atom. The van der Waals surface area contributed by atoms with Crippen LogP contribution in [0.5, 0.6) is 0 Å². The lowest BCUT2D eigenvalue weighted by Gasteiger charge is -2.18. The first-order valence-electron chi connectivity index (χ1n) is 6.43. The summed E-state index contributed by atoms with van der Waals surface area (Å²) in [6.45, 7) is 0.292. The molecule has 110 valence electrons. The first-order chi connectivity index (χ1) is 10.1. The Bertz CT molecular complexity index is 644. The zero-order chi connectivity index (χ0) is 15.4. The summed E-state index contributed by atoms with van der Waals surface area (Å²) < 4.78 is 1.44. The molecule has 0 bridgehead atoms. The molecule has 0 aliphatic heterocycles. The minimum absolute atomic E-state index is 0.265. The van der Waals surface area contributed by atoms with Gasteiger partial charge in [0.2, 0.25) is 0 Å². The summed E-state index contributed by atoms with van der Waals surface area (Å²) in [6.07, 6.45) is -0.466. The number of rotatable bonds is 5. The van der Waals surface area contributed by atoms with Crippen molar-refractivity contribution >= 4 is 5.82 Å². The molecule has 2 atom stereocenters. The molecule has 2 aromatic rings. The number of nitriles is 1. The number of nitrogens with one attached hydrogen (secondary N) is 1. The Labute approximate surface area is 122 Å². The summed E-state index contributed by atoms with van der Waals surface area (Å²) in [5, 5.41) is 35.4. The van der Waals surface area contributed by atoms with Crippen molar-refractivity contribution in [3.63, 3.8) is 0 Å². The fourth-order valence-corrected chi connectivity index (χ4v) is 2.01. The topological polar surface area (TPSA) is 120 Å². The first kappa shape index (κ1) is 15.0. The van der Waals surface area contributed by atoms with Gasteiger partial charge in [-0.3, -0.25) is 0 Å². The molecule has 1 heterocycles. The highest BCUT2D eigenvalue weighted by Crippen LogP contribution is 2.21. The van der Waals surface area contributed by atoms with Gasteiger partial charge >= 0.3 is 0 Å². The maximum Gasteiger partial charge on any atom is 0.145 e. The van der Waals surface area contributed by atoms with Crippen molar-refractivity contribution < 1.29 is 10.2 Å². The maximum absolute atomic E-state index is 10.00. The lowest BCUT2D eigenvalue weighted by Crippen LogP contribution is -2.29. The van der Waals surface area contributed by atoms with Crippen LogP contribution in [0.1, 0.15) is 17.2 Å². The second kappa shape index (κ2) is 6.37. The molecule has 1 aromatic carbocycles. The summed E-state index contributed by atoms with van der Waals surface area (Å²) in [5.41, 5.74) is 7.39. The van der Waals surface area contributed by atoms with Crippen LogP contribution in [0.3, 0.4) is 0 Å². The number of aliphatic hydroxyl groups excluding tert-OH is 2. The summed E-state index contributed by atoms with van der Waals surface area (Å²) >= 11 is 0.